The summed E-state index contributed by atoms with van der Waals surface area (Å²) in [6.07, 6.45) is 3.87. The van der Waals surface area contributed by atoms with E-state index in [0.29, 0.717) is 0 Å². The molecule has 1 heterocycles. The molecular formula is C15H22BrCl2FN2. The number of allylic oxidation sites excluding steroid dienone is 1. The lowest BCUT2D eigenvalue weighted by Crippen LogP contribution is -2.45. The Hall–Kier alpha value is -0.130. The van der Waals surface area contributed by atoms with E-state index in [1.807, 2.05) is 12.1 Å². The molecule has 2 nitrogen and oxygen atoms in total. The first-order valence-electron chi connectivity index (χ1n) is 6.72. The number of benzene rings is 1. The Kier molecular flexibility index (Phi) is 10.5. The van der Waals surface area contributed by atoms with Gasteiger partial charge in [-0.1, -0.05) is 22.0 Å². The molecule has 1 aliphatic heterocycles. The Morgan fingerprint density at radius 2 is 1.95 bits per heavy atom. The van der Waals surface area contributed by atoms with Crippen molar-refractivity contribution < 1.29 is 4.39 Å². The van der Waals surface area contributed by atoms with Crippen LogP contribution in [-0.2, 0) is 0 Å². The first kappa shape index (κ1) is 20.9. The molecule has 1 fully saturated rings. The zero-order chi connectivity index (χ0) is 13.7. The van der Waals surface area contributed by atoms with E-state index in [2.05, 4.69) is 32.7 Å². The van der Waals surface area contributed by atoms with Crippen LogP contribution >= 0.6 is 40.7 Å². The Morgan fingerprint density at radius 3 is 2.52 bits per heavy atom. The van der Waals surface area contributed by atoms with Gasteiger partial charge >= 0.3 is 0 Å². The van der Waals surface area contributed by atoms with E-state index < -0.39 is 0 Å². The van der Waals surface area contributed by atoms with Gasteiger partial charge in [0.2, 0.25) is 0 Å². The quantitative estimate of drug-likeness (QED) is 0.740. The number of hydrogen-bond acceptors (Lipinski definition) is 2. The molecule has 21 heavy (non-hydrogen) atoms. The molecule has 2 rings (SSSR count). The Bertz CT molecular complexity index is 419. The summed E-state index contributed by atoms with van der Waals surface area (Å²) in [5.41, 5.74) is 1.05. The van der Waals surface area contributed by atoms with Gasteiger partial charge in [-0.25, -0.2) is 4.39 Å². The lowest BCUT2D eigenvalue weighted by Gasteiger charge is -2.35. The number of halogens is 4. The molecule has 0 spiro atoms. The number of rotatable bonds is 5. The molecule has 0 radical (unpaired) electrons. The molecule has 120 valence electrons. The van der Waals surface area contributed by atoms with Crippen molar-refractivity contribution >= 4 is 40.7 Å². The van der Waals surface area contributed by atoms with Crippen LogP contribution in [-0.4, -0.2) is 31.1 Å². The van der Waals surface area contributed by atoms with Gasteiger partial charge in [-0.15, -0.1) is 31.4 Å². The van der Waals surface area contributed by atoms with E-state index in [0.717, 1.165) is 49.1 Å². The van der Waals surface area contributed by atoms with Crippen LogP contribution in [0.1, 0.15) is 24.4 Å². The second kappa shape index (κ2) is 10.6. The molecule has 0 bridgehead atoms. The summed E-state index contributed by atoms with van der Waals surface area (Å²) in [7, 11) is 0. The average Bonchev–Trinajstić information content (AvgIpc) is 2.39. The minimum absolute atomic E-state index is 0. The SMILES string of the molecule is C=CCC[C@H](c1cc(F)cc(Br)c1)N1CCNCC1.Cl.Cl. The second-order valence-electron chi connectivity index (χ2n) is 4.87. The molecule has 1 N–H and O–H groups in total. The predicted molar refractivity (Wildman–Crippen MR) is 95.2 cm³/mol. The largest absolute Gasteiger partial charge is 0.314 e. The Balaban J connectivity index is 0.00000200. The van der Waals surface area contributed by atoms with Gasteiger partial charge in [0.25, 0.3) is 0 Å². The minimum Gasteiger partial charge on any atom is -0.314 e. The lowest BCUT2D eigenvalue weighted by molar-refractivity contribution is 0.166. The van der Waals surface area contributed by atoms with Gasteiger partial charge in [0.1, 0.15) is 5.82 Å². The maximum absolute atomic E-state index is 13.6. The number of hydrogen-bond donors (Lipinski definition) is 1. The first-order chi connectivity index (χ1) is 9.20. The molecular weight excluding hydrogens is 378 g/mol. The summed E-state index contributed by atoms with van der Waals surface area (Å²) in [6.45, 7) is 7.81. The predicted octanol–water partition coefficient (Wildman–Crippen LogP) is 4.34. The highest BCUT2D eigenvalue weighted by atomic mass is 79.9. The van der Waals surface area contributed by atoms with E-state index in [4.69, 9.17) is 0 Å². The summed E-state index contributed by atoms with van der Waals surface area (Å²) in [4.78, 5) is 2.43. The minimum atomic E-state index is -0.178. The van der Waals surface area contributed by atoms with E-state index in [1.165, 1.54) is 6.07 Å². The van der Waals surface area contributed by atoms with E-state index in [-0.39, 0.29) is 36.7 Å². The fraction of sp³-hybridized carbons (Fsp3) is 0.467. The van der Waals surface area contributed by atoms with Gasteiger partial charge in [-0.2, -0.15) is 0 Å². The molecule has 6 heteroatoms. The van der Waals surface area contributed by atoms with Gasteiger partial charge in [0.15, 0.2) is 0 Å². The zero-order valence-corrected chi connectivity index (χ0v) is 15.1. The average molecular weight is 400 g/mol. The summed E-state index contributed by atoms with van der Waals surface area (Å²) >= 11 is 3.38. The molecule has 0 saturated carbocycles. The Labute approximate surface area is 147 Å². The van der Waals surface area contributed by atoms with Crippen molar-refractivity contribution in [2.75, 3.05) is 26.2 Å². The maximum Gasteiger partial charge on any atom is 0.124 e. The summed E-state index contributed by atoms with van der Waals surface area (Å²) < 4.78 is 14.4. The third-order valence-electron chi connectivity index (χ3n) is 3.51. The van der Waals surface area contributed by atoms with Gasteiger partial charge in [0, 0.05) is 36.7 Å². The molecule has 1 aromatic carbocycles. The third-order valence-corrected chi connectivity index (χ3v) is 3.96. The van der Waals surface area contributed by atoms with Crippen LogP contribution in [0.15, 0.2) is 35.3 Å². The molecule has 0 aliphatic carbocycles. The van der Waals surface area contributed by atoms with Crippen molar-refractivity contribution in [3.05, 3.63) is 46.7 Å². The lowest BCUT2D eigenvalue weighted by atomic mass is 9.99. The number of piperazine rings is 1. The van der Waals surface area contributed by atoms with Crippen LogP contribution in [0.25, 0.3) is 0 Å². The highest BCUT2D eigenvalue weighted by Gasteiger charge is 2.22. The van der Waals surface area contributed by atoms with E-state index in [9.17, 15) is 4.39 Å². The van der Waals surface area contributed by atoms with Gasteiger partial charge in [-0.05, 0) is 36.6 Å². The molecule has 0 unspecified atom stereocenters. The summed E-state index contributed by atoms with van der Waals surface area (Å²) in [5, 5.41) is 3.35. The first-order valence-corrected chi connectivity index (χ1v) is 7.51. The van der Waals surface area contributed by atoms with Gasteiger partial charge < -0.3 is 5.32 Å². The highest BCUT2D eigenvalue weighted by Crippen LogP contribution is 2.29. The summed E-state index contributed by atoms with van der Waals surface area (Å²) in [6, 6.07) is 5.46. The van der Waals surface area contributed by atoms with Gasteiger partial charge in [-0.3, -0.25) is 4.90 Å². The number of nitrogens with one attached hydrogen (secondary N) is 1. The van der Waals surface area contributed by atoms with Crippen LogP contribution in [0.2, 0.25) is 0 Å². The smallest absolute Gasteiger partial charge is 0.124 e. The zero-order valence-electron chi connectivity index (χ0n) is 11.9. The number of nitrogens with zero attached hydrogens (tertiary/aromatic N) is 1. The van der Waals surface area contributed by atoms with Crippen molar-refractivity contribution in [3.63, 3.8) is 0 Å². The molecule has 1 aliphatic rings. The third kappa shape index (κ3) is 6.25. The molecule has 1 saturated heterocycles. The van der Waals surface area contributed by atoms with Crippen molar-refractivity contribution in [1.82, 2.24) is 10.2 Å². The Morgan fingerprint density at radius 1 is 1.29 bits per heavy atom. The van der Waals surface area contributed by atoms with Crippen LogP contribution < -0.4 is 5.32 Å². The van der Waals surface area contributed by atoms with Crippen LogP contribution in [0.4, 0.5) is 4.39 Å². The fourth-order valence-electron chi connectivity index (χ4n) is 2.60. The van der Waals surface area contributed by atoms with Crippen LogP contribution in [0.3, 0.4) is 0 Å². The van der Waals surface area contributed by atoms with Crippen molar-refractivity contribution in [2.45, 2.75) is 18.9 Å². The topological polar surface area (TPSA) is 15.3 Å². The highest BCUT2D eigenvalue weighted by molar-refractivity contribution is 9.10. The van der Waals surface area contributed by atoms with E-state index in [1.54, 1.807) is 6.07 Å². The van der Waals surface area contributed by atoms with Crippen molar-refractivity contribution in [1.29, 1.82) is 0 Å². The normalized spacial score (nSPS) is 16.5. The molecule has 1 atom stereocenters. The maximum atomic E-state index is 13.6. The fourth-order valence-corrected chi connectivity index (χ4v) is 3.08. The van der Waals surface area contributed by atoms with Gasteiger partial charge in [0.05, 0.1) is 0 Å². The van der Waals surface area contributed by atoms with Crippen LogP contribution in [0.5, 0.6) is 0 Å². The molecule has 0 amide bonds. The van der Waals surface area contributed by atoms with E-state index >= 15 is 0 Å². The molecule has 0 aromatic heterocycles. The van der Waals surface area contributed by atoms with Crippen molar-refractivity contribution in [3.8, 4) is 0 Å². The van der Waals surface area contributed by atoms with Crippen LogP contribution in [0, 0.1) is 5.82 Å². The monoisotopic (exact) mass is 398 g/mol. The summed E-state index contributed by atoms with van der Waals surface area (Å²) in [5.74, 6) is -0.178. The van der Waals surface area contributed by atoms with Crippen molar-refractivity contribution in [2.24, 2.45) is 0 Å². The second-order valence-corrected chi connectivity index (χ2v) is 5.79. The molecule has 1 aromatic rings. The standard InChI is InChI=1S/C15H20BrFN2.2ClH/c1-2-3-4-15(19-7-5-18-6-8-19)12-9-13(16)11-14(17)10-12;;/h2,9-11,15,18H,1,3-8H2;2*1H/t15-;;/m1../s1.